The quantitative estimate of drug-likeness (QED) is 0.664. The maximum Gasteiger partial charge on any atom is 0.297 e. The predicted octanol–water partition coefficient (Wildman–Crippen LogP) is 0.369. The molecule has 1 saturated carbocycles. The summed E-state index contributed by atoms with van der Waals surface area (Å²) in [6, 6.07) is 0.236. The molecule has 1 amide bonds. The first-order chi connectivity index (χ1) is 6.24. The fourth-order valence-corrected chi connectivity index (χ4v) is 1.55. The number of amides is 1. The van der Waals surface area contributed by atoms with Crippen LogP contribution in [0.4, 0.5) is 0 Å². The Kier molecular flexibility index (Phi) is 3.71. The van der Waals surface area contributed by atoms with Gasteiger partial charge in [-0.1, -0.05) is 17.7 Å². The summed E-state index contributed by atoms with van der Waals surface area (Å²) in [4.78, 5) is 14.4. The van der Waals surface area contributed by atoms with Crippen LogP contribution in [0.2, 0.25) is 0 Å². The van der Waals surface area contributed by atoms with Crippen molar-refractivity contribution in [3.63, 3.8) is 0 Å². The van der Waals surface area contributed by atoms with Gasteiger partial charge < -0.3 is 10.4 Å². The molecule has 0 aromatic rings. The molecule has 1 unspecified atom stereocenters. The third kappa shape index (κ3) is 3.03. The number of carbonyl (C=O) groups is 1. The Morgan fingerprint density at radius 3 is 2.77 bits per heavy atom. The summed E-state index contributed by atoms with van der Waals surface area (Å²) in [6.45, 7) is 4.83. The van der Waals surface area contributed by atoms with Crippen LogP contribution in [0.1, 0.15) is 25.7 Å². The van der Waals surface area contributed by atoms with Gasteiger partial charge in [-0.3, -0.25) is 4.79 Å². The van der Waals surface area contributed by atoms with Gasteiger partial charge in [-0.2, -0.15) is 0 Å². The average Bonchev–Trinajstić information content (AvgIpc) is 2.57. The molecule has 4 nitrogen and oxygen atoms in total. The van der Waals surface area contributed by atoms with Crippen molar-refractivity contribution < 1.29 is 9.90 Å². The van der Waals surface area contributed by atoms with E-state index in [-0.39, 0.29) is 18.5 Å². The lowest BCUT2D eigenvalue weighted by molar-refractivity contribution is -0.129. The Labute approximate surface area is 77.8 Å². The number of aliphatic hydroxyl groups is 1. The molecular formula is C9H15N2O2+. The molecule has 1 aliphatic rings. The minimum absolute atomic E-state index is 0.0292. The molecule has 0 aromatic carbocycles. The van der Waals surface area contributed by atoms with Crippen molar-refractivity contribution in [1.82, 2.24) is 5.32 Å². The third-order valence-electron chi connectivity index (χ3n) is 2.28. The minimum atomic E-state index is -1.09. The normalized spacial score (nSPS) is 19.4. The van der Waals surface area contributed by atoms with E-state index >= 15 is 0 Å². The monoisotopic (exact) mass is 183 g/mol. The number of hydrogen-bond acceptors (Lipinski definition) is 2. The highest BCUT2D eigenvalue weighted by Crippen LogP contribution is 2.17. The SMILES string of the molecule is C#[N+]CC(O)C(=O)NC1CCCC1. The molecular weight excluding hydrogens is 168 g/mol. The van der Waals surface area contributed by atoms with Gasteiger partial charge in [0.2, 0.25) is 6.10 Å². The third-order valence-corrected chi connectivity index (χ3v) is 2.28. The molecule has 0 spiro atoms. The fourth-order valence-electron chi connectivity index (χ4n) is 1.55. The van der Waals surface area contributed by atoms with Crippen molar-refractivity contribution in [3.8, 4) is 6.57 Å². The van der Waals surface area contributed by atoms with Gasteiger partial charge in [-0.25, -0.2) is 0 Å². The van der Waals surface area contributed by atoms with Crippen molar-refractivity contribution in [2.24, 2.45) is 0 Å². The van der Waals surface area contributed by atoms with Crippen molar-refractivity contribution in [1.29, 1.82) is 0 Å². The largest absolute Gasteiger partial charge is 0.377 e. The van der Waals surface area contributed by atoms with Gasteiger partial charge >= 0.3 is 0 Å². The Morgan fingerprint density at radius 1 is 1.62 bits per heavy atom. The lowest BCUT2D eigenvalue weighted by Gasteiger charge is -2.12. The zero-order chi connectivity index (χ0) is 9.68. The van der Waals surface area contributed by atoms with Gasteiger partial charge in [0.05, 0.1) is 0 Å². The number of rotatable bonds is 3. The second kappa shape index (κ2) is 4.83. The van der Waals surface area contributed by atoms with Crippen LogP contribution in [0.25, 0.3) is 4.85 Å². The number of aliphatic hydroxyl groups excluding tert-OH is 1. The summed E-state index contributed by atoms with van der Waals surface area (Å²) in [5, 5.41) is 12.0. The Hall–Kier alpha value is -1.08. The number of hydrogen-bond donors (Lipinski definition) is 2. The number of nitrogens with zero attached hydrogens (tertiary/aromatic N) is 1. The molecule has 0 aliphatic heterocycles. The van der Waals surface area contributed by atoms with E-state index in [9.17, 15) is 9.90 Å². The molecule has 13 heavy (non-hydrogen) atoms. The first-order valence-electron chi connectivity index (χ1n) is 4.59. The zero-order valence-electron chi connectivity index (χ0n) is 7.57. The summed E-state index contributed by atoms with van der Waals surface area (Å²) in [5.74, 6) is -0.360. The maximum atomic E-state index is 11.2. The van der Waals surface area contributed by atoms with Crippen LogP contribution in [-0.2, 0) is 4.79 Å². The fraction of sp³-hybridized carbons (Fsp3) is 0.778. The van der Waals surface area contributed by atoms with Gasteiger partial charge in [0.15, 0.2) is 0 Å². The number of nitrogens with one attached hydrogen (secondary N) is 1. The molecule has 0 heterocycles. The van der Waals surface area contributed by atoms with Crippen molar-refractivity contribution in [3.05, 3.63) is 4.85 Å². The van der Waals surface area contributed by atoms with E-state index in [1.807, 2.05) is 0 Å². The first kappa shape index (κ1) is 10.0. The van der Waals surface area contributed by atoms with E-state index in [1.54, 1.807) is 0 Å². The van der Waals surface area contributed by atoms with Crippen LogP contribution in [0.3, 0.4) is 0 Å². The molecule has 1 atom stereocenters. The first-order valence-corrected chi connectivity index (χ1v) is 4.59. The summed E-state index contributed by atoms with van der Waals surface area (Å²) in [5.41, 5.74) is 0. The second-order valence-corrected chi connectivity index (χ2v) is 3.37. The minimum Gasteiger partial charge on any atom is -0.377 e. The zero-order valence-corrected chi connectivity index (χ0v) is 7.57. The van der Waals surface area contributed by atoms with Crippen LogP contribution in [0.5, 0.6) is 0 Å². The molecule has 1 rings (SSSR count). The Balaban J connectivity index is 2.27. The highest BCUT2D eigenvalue weighted by molar-refractivity contribution is 5.81. The van der Waals surface area contributed by atoms with Crippen LogP contribution in [0, 0.1) is 6.57 Å². The molecule has 0 bridgehead atoms. The average molecular weight is 183 g/mol. The van der Waals surface area contributed by atoms with Gasteiger partial charge in [-0.05, 0) is 12.8 Å². The van der Waals surface area contributed by atoms with E-state index in [4.69, 9.17) is 6.57 Å². The molecule has 72 valence electrons. The van der Waals surface area contributed by atoms with Crippen molar-refractivity contribution >= 4 is 5.91 Å². The standard InChI is InChI=1S/C9H14N2O2/c1-10-6-8(12)9(13)11-7-4-2-3-5-7/h1,7-8,12H,2-6H2/p+1. The van der Waals surface area contributed by atoms with Crippen molar-refractivity contribution in [2.45, 2.75) is 37.8 Å². The topological polar surface area (TPSA) is 53.7 Å². The maximum absolute atomic E-state index is 11.2. The molecule has 4 heteroatoms. The van der Waals surface area contributed by atoms with Gasteiger partial charge in [0.1, 0.15) is 0 Å². The Morgan fingerprint density at radius 2 is 2.23 bits per heavy atom. The summed E-state index contributed by atoms with van der Waals surface area (Å²) < 4.78 is 0. The van der Waals surface area contributed by atoms with Gasteiger partial charge in [0.25, 0.3) is 19.0 Å². The highest BCUT2D eigenvalue weighted by atomic mass is 16.3. The lowest BCUT2D eigenvalue weighted by atomic mass is 10.2. The molecule has 0 aromatic heterocycles. The van der Waals surface area contributed by atoms with Crippen LogP contribution in [-0.4, -0.2) is 29.7 Å². The predicted molar refractivity (Wildman–Crippen MR) is 49.6 cm³/mol. The summed E-state index contributed by atoms with van der Waals surface area (Å²) in [6.07, 6.45) is 3.24. The van der Waals surface area contributed by atoms with Gasteiger partial charge in [-0.15, -0.1) is 0 Å². The van der Waals surface area contributed by atoms with E-state index in [1.165, 1.54) is 0 Å². The Bertz CT molecular complexity index is 216. The summed E-state index contributed by atoms with van der Waals surface area (Å²) >= 11 is 0. The smallest absolute Gasteiger partial charge is 0.297 e. The molecule has 1 fully saturated rings. The molecule has 1 aliphatic carbocycles. The van der Waals surface area contributed by atoms with Crippen LogP contribution >= 0.6 is 0 Å². The highest BCUT2D eigenvalue weighted by Gasteiger charge is 2.23. The van der Waals surface area contributed by atoms with Gasteiger partial charge in [0, 0.05) is 6.04 Å². The number of carbonyl (C=O) groups excluding carboxylic acids is 1. The van der Waals surface area contributed by atoms with Crippen LogP contribution < -0.4 is 5.32 Å². The second-order valence-electron chi connectivity index (χ2n) is 3.37. The molecule has 0 radical (unpaired) electrons. The van der Waals surface area contributed by atoms with E-state index in [0.717, 1.165) is 25.7 Å². The van der Waals surface area contributed by atoms with E-state index in [2.05, 4.69) is 10.2 Å². The molecule has 0 saturated heterocycles. The van der Waals surface area contributed by atoms with Crippen LogP contribution in [0.15, 0.2) is 0 Å². The van der Waals surface area contributed by atoms with E-state index in [0.29, 0.717) is 0 Å². The van der Waals surface area contributed by atoms with E-state index < -0.39 is 6.10 Å². The summed E-state index contributed by atoms with van der Waals surface area (Å²) in [7, 11) is 0. The van der Waals surface area contributed by atoms with Crippen molar-refractivity contribution in [2.75, 3.05) is 6.54 Å². The lowest BCUT2D eigenvalue weighted by Crippen LogP contribution is -2.41. The molecule has 2 N–H and O–H groups in total.